The minimum Gasteiger partial charge on any atom is -0.459 e. The minimum absolute atomic E-state index is 0.0531. The van der Waals surface area contributed by atoms with Crippen molar-refractivity contribution in [3.63, 3.8) is 0 Å². The Kier molecular flexibility index (Phi) is 5.85. The zero-order chi connectivity index (χ0) is 17.6. The van der Waals surface area contributed by atoms with Crippen molar-refractivity contribution in [1.82, 2.24) is 0 Å². The third-order valence-corrected chi connectivity index (χ3v) is 5.06. The molecular weight excluding hydrogens is 315 g/mol. The molecule has 0 radical (unpaired) electrons. The summed E-state index contributed by atoms with van der Waals surface area (Å²) in [5.74, 6) is 0.303. The first-order chi connectivity index (χ1) is 12.2. The van der Waals surface area contributed by atoms with Crippen LogP contribution in [-0.4, -0.2) is 12.1 Å². The van der Waals surface area contributed by atoms with Crippen LogP contribution < -0.4 is 0 Å². The van der Waals surface area contributed by atoms with Crippen LogP contribution in [0.1, 0.15) is 55.8 Å². The van der Waals surface area contributed by atoms with E-state index >= 15 is 0 Å². The smallest absolute Gasteiger partial charge is 0.338 e. The van der Waals surface area contributed by atoms with Crippen molar-refractivity contribution in [1.29, 1.82) is 0 Å². The van der Waals surface area contributed by atoms with Crippen molar-refractivity contribution in [3.8, 4) is 11.1 Å². The fourth-order valence-corrected chi connectivity index (χ4v) is 3.61. The Morgan fingerprint density at radius 2 is 1.52 bits per heavy atom. The Labute approximate surface area is 149 Å². The van der Waals surface area contributed by atoms with E-state index in [2.05, 4.69) is 6.92 Å². The number of rotatable bonds is 5. The van der Waals surface area contributed by atoms with Crippen LogP contribution in [0.4, 0.5) is 4.39 Å². The largest absolute Gasteiger partial charge is 0.459 e. The Bertz CT molecular complexity index is 683. The molecule has 0 heterocycles. The average molecular weight is 340 g/mol. The Morgan fingerprint density at radius 3 is 2.08 bits per heavy atom. The van der Waals surface area contributed by atoms with E-state index in [-0.39, 0.29) is 17.9 Å². The average Bonchev–Trinajstić information content (AvgIpc) is 2.64. The molecule has 2 aromatic carbocycles. The second kappa shape index (κ2) is 8.28. The predicted molar refractivity (Wildman–Crippen MR) is 97.9 cm³/mol. The lowest BCUT2D eigenvalue weighted by molar-refractivity contribution is 0.0161. The molecule has 2 aromatic rings. The van der Waals surface area contributed by atoms with Gasteiger partial charge in [0.15, 0.2) is 0 Å². The van der Waals surface area contributed by atoms with Gasteiger partial charge < -0.3 is 4.74 Å². The third kappa shape index (κ3) is 4.68. The van der Waals surface area contributed by atoms with E-state index in [4.69, 9.17) is 4.74 Å². The van der Waals surface area contributed by atoms with Gasteiger partial charge in [-0.2, -0.15) is 0 Å². The number of ether oxygens (including phenoxy) is 1. The number of carbonyl (C=O) groups excluding carboxylic acids is 1. The van der Waals surface area contributed by atoms with Crippen molar-refractivity contribution in [2.45, 2.75) is 51.6 Å². The van der Waals surface area contributed by atoms with Crippen LogP contribution in [0.15, 0.2) is 48.5 Å². The fourth-order valence-electron chi connectivity index (χ4n) is 3.61. The van der Waals surface area contributed by atoms with Gasteiger partial charge in [-0.25, -0.2) is 9.18 Å². The van der Waals surface area contributed by atoms with E-state index in [0.29, 0.717) is 5.56 Å². The number of hydrogen-bond donors (Lipinski definition) is 0. The molecule has 25 heavy (non-hydrogen) atoms. The van der Waals surface area contributed by atoms with Crippen molar-refractivity contribution >= 4 is 5.97 Å². The number of benzene rings is 2. The highest BCUT2D eigenvalue weighted by Gasteiger charge is 2.23. The number of halogens is 1. The first-order valence-electron chi connectivity index (χ1n) is 9.22. The Hall–Kier alpha value is -2.16. The lowest BCUT2D eigenvalue weighted by Crippen LogP contribution is -2.24. The zero-order valence-corrected chi connectivity index (χ0v) is 14.7. The van der Waals surface area contributed by atoms with Crippen molar-refractivity contribution in [2.24, 2.45) is 5.92 Å². The van der Waals surface area contributed by atoms with Gasteiger partial charge in [0.25, 0.3) is 0 Å². The molecule has 0 unspecified atom stereocenters. The van der Waals surface area contributed by atoms with Crippen LogP contribution in [-0.2, 0) is 4.74 Å². The van der Waals surface area contributed by atoms with Crippen LogP contribution in [0.5, 0.6) is 0 Å². The first-order valence-corrected chi connectivity index (χ1v) is 9.22. The molecule has 2 nitrogen and oxygen atoms in total. The lowest BCUT2D eigenvalue weighted by Gasteiger charge is -2.28. The lowest BCUT2D eigenvalue weighted by atomic mass is 9.85. The molecule has 1 fully saturated rings. The molecule has 3 rings (SSSR count). The summed E-state index contributed by atoms with van der Waals surface area (Å²) in [4.78, 5) is 12.3. The summed E-state index contributed by atoms with van der Waals surface area (Å²) in [7, 11) is 0. The minimum atomic E-state index is -0.252. The Morgan fingerprint density at radius 1 is 0.960 bits per heavy atom. The van der Waals surface area contributed by atoms with Gasteiger partial charge in [0, 0.05) is 0 Å². The van der Waals surface area contributed by atoms with Crippen LogP contribution in [0.3, 0.4) is 0 Å². The SMILES string of the molecule is CCCC1CCC(OC(=O)c2ccc(-c3ccc(F)cc3)cc2)CC1. The molecule has 1 aliphatic carbocycles. The number of esters is 1. The summed E-state index contributed by atoms with van der Waals surface area (Å²) in [5, 5.41) is 0. The summed E-state index contributed by atoms with van der Waals surface area (Å²) < 4.78 is 18.7. The van der Waals surface area contributed by atoms with E-state index in [1.54, 1.807) is 24.3 Å². The van der Waals surface area contributed by atoms with E-state index in [1.807, 2.05) is 12.1 Å². The monoisotopic (exact) mass is 340 g/mol. The molecule has 132 valence electrons. The summed E-state index contributed by atoms with van der Waals surface area (Å²) in [6.45, 7) is 2.22. The first kappa shape index (κ1) is 17.7. The van der Waals surface area contributed by atoms with Crippen molar-refractivity contribution in [2.75, 3.05) is 0 Å². The molecule has 1 aliphatic rings. The number of carbonyl (C=O) groups is 1. The summed E-state index contributed by atoms with van der Waals surface area (Å²) >= 11 is 0. The quantitative estimate of drug-likeness (QED) is 0.623. The highest BCUT2D eigenvalue weighted by molar-refractivity contribution is 5.90. The van der Waals surface area contributed by atoms with E-state index in [9.17, 15) is 9.18 Å². The normalized spacial score (nSPS) is 20.2. The van der Waals surface area contributed by atoms with Gasteiger partial charge in [-0.05, 0) is 67.0 Å². The molecule has 0 aromatic heterocycles. The maximum absolute atomic E-state index is 13.0. The standard InChI is InChI=1S/C22H25FO2/c1-2-3-16-4-14-21(15-5-16)25-22(24)19-8-6-17(7-9-19)18-10-12-20(23)13-11-18/h6-13,16,21H,2-5,14-15H2,1H3. The van der Waals surface area contributed by atoms with Gasteiger partial charge in [0.1, 0.15) is 11.9 Å². The maximum atomic E-state index is 13.0. The zero-order valence-electron chi connectivity index (χ0n) is 14.7. The van der Waals surface area contributed by atoms with Gasteiger partial charge in [-0.15, -0.1) is 0 Å². The van der Waals surface area contributed by atoms with Gasteiger partial charge >= 0.3 is 5.97 Å². The molecule has 0 N–H and O–H groups in total. The fraction of sp³-hybridized carbons (Fsp3) is 0.409. The highest BCUT2D eigenvalue weighted by Crippen LogP contribution is 2.30. The topological polar surface area (TPSA) is 26.3 Å². The second-order valence-corrected chi connectivity index (χ2v) is 6.92. The highest BCUT2D eigenvalue weighted by atomic mass is 19.1. The molecule has 0 bridgehead atoms. The molecular formula is C22H25FO2. The molecule has 0 atom stereocenters. The van der Waals surface area contributed by atoms with Crippen LogP contribution >= 0.6 is 0 Å². The predicted octanol–water partition coefficient (Wildman–Crippen LogP) is 6.01. The summed E-state index contributed by atoms with van der Waals surface area (Å²) in [5.41, 5.74) is 2.45. The number of hydrogen-bond acceptors (Lipinski definition) is 2. The summed E-state index contributed by atoms with van der Waals surface area (Å²) in [6, 6.07) is 13.7. The van der Waals surface area contributed by atoms with Gasteiger partial charge in [-0.3, -0.25) is 0 Å². The third-order valence-electron chi connectivity index (χ3n) is 5.06. The molecule has 0 saturated heterocycles. The molecule has 0 amide bonds. The van der Waals surface area contributed by atoms with Crippen LogP contribution in [0.25, 0.3) is 11.1 Å². The Balaban J connectivity index is 1.57. The second-order valence-electron chi connectivity index (χ2n) is 6.92. The van der Waals surface area contributed by atoms with E-state index in [1.165, 1.54) is 25.0 Å². The van der Waals surface area contributed by atoms with Gasteiger partial charge in [0.05, 0.1) is 5.56 Å². The molecule has 0 aliphatic heterocycles. The van der Waals surface area contributed by atoms with E-state index in [0.717, 1.165) is 42.7 Å². The molecule has 0 spiro atoms. The van der Waals surface area contributed by atoms with Crippen molar-refractivity contribution < 1.29 is 13.9 Å². The molecule has 3 heteroatoms. The maximum Gasteiger partial charge on any atom is 0.338 e. The molecule has 1 saturated carbocycles. The van der Waals surface area contributed by atoms with Gasteiger partial charge in [0.2, 0.25) is 0 Å². The van der Waals surface area contributed by atoms with Crippen LogP contribution in [0.2, 0.25) is 0 Å². The van der Waals surface area contributed by atoms with E-state index < -0.39 is 0 Å². The van der Waals surface area contributed by atoms with Crippen molar-refractivity contribution in [3.05, 3.63) is 59.9 Å². The van der Waals surface area contributed by atoms with Crippen LogP contribution in [0, 0.1) is 11.7 Å². The summed E-state index contributed by atoms with van der Waals surface area (Å²) in [6.07, 6.45) is 6.84. The van der Waals surface area contributed by atoms with Gasteiger partial charge in [-0.1, -0.05) is 44.0 Å².